The number of nitrogens with one attached hydrogen (secondary N) is 1. The average molecular weight is 402 g/mol. The van der Waals surface area contributed by atoms with Crippen molar-refractivity contribution in [3.05, 3.63) is 39.9 Å². The van der Waals surface area contributed by atoms with Crippen molar-refractivity contribution in [2.45, 2.75) is 40.7 Å². The Labute approximate surface area is 172 Å². The van der Waals surface area contributed by atoms with E-state index in [4.69, 9.17) is 4.74 Å². The number of nitrogens with zero attached hydrogens (tertiary/aromatic N) is 2. The van der Waals surface area contributed by atoms with Crippen LogP contribution in [0, 0.1) is 26.7 Å². The summed E-state index contributed by atoms with van der Waals surface area (Å²) in [6, 6.07) is 6.32. The molecule has 1 amide bonds. The molecule has 2 aromatic rings. The number of amides is 1. The van der Waals surface area contributed by atoms with E-state index in [1.165, 1.54) is 22.5 Å². The molecule has 1 aliphatic heterocycles. The largest absolute Gasteiger partial charge is 0.374 e. The van der Waals surface area contributed by atoms with E-state index in [9.17, 15) is 4.79 Å². The first-order valence-electron chi connectivity index (χ1n) is 10.0. The lowest BCUT2D eigenvalue weighted by atomic mass is 10.1. The molecule has 0 bridgehead atoms. The van der Waals surface area contributed by atoms with Crippen LogP contribution >= 0.6 is 11.3 Å². The van der Waals surface area contributed by atoms with Gasteiger partial charge in [-0.15, -0.1) is 11.3 Å². The molecule has 5 nitrogen and oxygen atoms in total. The van der Waals surface area contributed by atoms with Gasteiger partial charge in [-0.1, -0.05) is 37.6 Å². The predicted octanol–water partition coefficient (Wildman–Crippen LogP) is 3.82. The van der Waals surface area contributed by atoms with Crippen LogP contribution in [0.1, 0.15) is 40.3 Å². The van der Waals surface area contributed by atoms with Crippen molar-refractivity contribution in [1.29, 1.82) is 0 Å². The van der Waals surface area contributed by atoms with E-state index in [1.54, 1.807) is 0 Å². The fourth-order valence-corrected chi connectivity index (χ4v) is 4.72. The first kappa shape index (κ1) is 21.0. The zero-order chi connectivity index (χ0) is 20.3. The smallest absolute Gasteiger partial charge is 0.263 e. The molecule has 2 heterocycles. The van der Waals surface area contributed by atoms with Gasteiger partial charge in [-0.3, -0.25) is 9.69 Å². The molecule has 0 saturated carbocycles. The molecule has 1 saturated heterocycles. The van der Waals surface area contributed by atoms with Gasteiger partial charge in [0.05, 0.1) is 18.4 Å². The highest BCUT2D eigenvalue weighted by atomic mass is 32.1. The minimum atomic E-state index is -0.0596. The second-order valence-corrected chi connectivity index (χ2v) is 9.11. The van der Waals surface area contributed by atoms with Gasteiger partial charge in [0.15, 0.2) is 0 Å². The molecule has 0 unspecified atom stereocenters. The highest BCUT2D eigenvalue weighted by Gasteiger charge is 2.23. The Balaban J connectivity index is 1.63. The molecule has 0 aliphatic carbocycles. The molecule has 0 radical (unpaired) electrons. The third kappa shape index (κ3) is 5.19. The summed E-state index contributed by atoms with van der Waals surface area (Å²) in [4.78, 5) is 20.5. The summed E-state index contributed by atoms with van der Waals surface area (Å²) in [5.41, 5.74) is 4.29. The fraction of sp³-hybridized carbons (Fsp3) is 0.545. The van der Waals surface area contributed by atoms with E-state index < -0.39 is 0 Å². The van der Waals surface area contributed by atoms with E-state index in [2.05, 4.69) is 61.1 Å². The van der Waals surface area contributed by atoms with E-state index in [-0.39, 0.29) is 12.0 Å². The van der Waals surface area contributed by atoms with Crippen molar-refractivity contribution < 1.29 is 9.53 Å². The van der Waals surface area contributed by atoms with Crippen molar-refractivity contribution in [2.75, 3.05) is 32.8 Å². The number of ether oxygens (including phenoxy) is 1. The number of morpholine rings is 1. The average Bonchev–Trinajstić information content (AvgIpc) is 3.01. The Morgan fingerprint density at radius 3 is 2.86 bits per heavy atom. The van der Waals surface area contributed by atoms with Gasteiger partial charge in [-0.05, 0) is 32.3 Å². The van der Waals surface area contributed by atoms with E-state index in [1.807, 2.05) is 6.92 Å². The minimum Gasteiger partial charge on any atom is -0.374 e. The minimum absolute atomic E-state index is 0.0449. The van der Waals surface area contributed by atoms with E-state index in [0.29, 0.717) is 17.3 Å². The van der Waals surface area contributed by atoms with Crippen molar-refractivity contribution in [3.8, 4) is 10.6 Å². The van der Waals surface area contributed by atoms with E-state index in [0.717, 1.165) is 42.5 Å². The highest BCUT2D eigenvalue weighted by Crippen LogP contribution is 2.30. The van der Waals surface area contributed by atoms with Crippen LogP contribution in [-0.2, 0) is 4.74 Å². The SMILES string of the molecule is Cc1ccc(-c2nc(C)c(C(=O)NC[C@H]3CN(CC(C)C)CCO3)s2)c(C)c1. The Morgan fingerprint density at radius 2 is 2.14 bits per heavy atom. The summed E-state index contributed by atoms with van der Waals surface area (Å²) < 4.78 is 5.84. The van der Waals surface area contributed by atoms with Crippen LogP contribution in [0.2, 0.25) is 0 Å². The van der Waals surface area contributed by atoms with Crippen LogP contribution in [0.15, 0.2) is 18.2 Å². The number of carbonyl (C=O) groups is 1. The maximum Gasteiger partial charge on any atom is 0.263 e. The lowest BCUT2D eigenvalue weighted by Gasteiger charge is -2.33. The Kier molecular flexibility index (Phi) is 6.86. The van der Waals surface area contributed by atoms with Crippen molar-refractivity contribution >= 4 is 17.2 Å². The summed E-state index contributed by atoms with van der Waals surface area (Å²) >= 11 is 1.46. The number of hydrogen-bond acceptors (Lipinski definition) is 5. The molecule has 152 valence electrons. The number of thiazole rings is 1. The number of benzene rings is 1. The van der Waals surface area contributed by atoms with Crippen LogP contribution < -0.4 is 5.32 Å². The molecular weight excluding hydrogens is 370 g/mol. The predicted molar refractivity (Wildman–Crippen MR) is 115 cm³/mol. The first-order valence-corrected chi connectivity index (χ1v) is 10.8. The van der Waals surface area contributed by atoms with Gasteiger partial charge in [-0.25, -0.2) is 4.98 Å². The molecule has 1 aliphatic rings. The third-order valence-electron chi connectivity index (χ3n) is 4.95. The highest BCUT2D eigenvalue weighted by molar-refractivity contribution is 7.17. The maximum absolute atomic E-state index is 12.7. The van der Waals surface area contributed by atoms with Gasteiger partial charge in [0, 0.05) is 31.7 Å². The topological polar surface area (TPSA) is 54.5 Å². The number of carbonyl (C=O) groups excluding carboxylic acids is 1. The van der Waals surface area contributed by atoms with Crippen LogP contribution in [0.4, 0.5) is 0 Å². The van der Waals surface area contributed by atoms with Gasteiger partial charge in [0.1, 0.15) is 9.88 Å². The van der Waals surface area contributed by atoms with Crippen LogP contribution in [0.5, 0.6) is 0 Å². The zero-order valence-electron chi connectivity index (χ0n) is 17.5. The number of aromatic nitrogens is 1. The number of hydrogen-bond donors (Lipinski definition) is 1. The maximum atomic E-state index is 12.7. The van der Waals surface area contributed by atoms with Gasteiger partial charge in [-0.2, -0.15) is 0 Å². The first-order chi connectivity index (χ1) is 13.3. The number of rotatable bonds is 6. The molecule has 1 aromatic carbocycles. The van der Waals surface area contributed by atoms with Crippen LogP contribution in [-0.4, -0.2) is 54.7 Å². The van der Waals surface area contributed by atoms with Crippen molar-refractivity contribution in [3.63, 3.8) is 0 Å². The zero-order valence-corrected chi connectivity index (χ0v) is 18.4. The molecule has 28 heavy (non-hydrogen) atoms. The summed E-state index contributed by atoms with van der Waals surface area (Å²) in [6.45, 7) is 14.7. The quantitative estimate of drug-likeness (QED) is 0.799. The van der Waals surface area contributed by atoms with Crippen LogP contribution in [0.25, 0.3) is 10.6 Å². The molecule has 3 rings (SSSR count). The Hall–Kier alpha value is -1.76. The summed E-state index contributed by atoms with van der Waals surface area (Å²) in [5, 5.41) is 3.95. The standard InChI is InChI=1S/C22H31N3O2S/c1-14(2)12-25-8-9-27-18(13-25)11-23-21(26)20-17(5)24-22(28-20)19-7-6-15(3)10-16(19)4/h6-7,10,14,18H,8-9,11-13H2,1-5H3,(H,23,26)/t18-/m0/s1. The second-order valence-electron chi connectivity index (χ2n) is 8.11. The molecule has 6 heteroatoms. The molecule has 1 fully saturated rings. The fourth-order valence-electron chi connectivity index (χ4n) is 3.65. The molecule has 0 spiro atoms. The van der Waals surface area contributed by atoms with Gasteiger partial charge in [0.2, 0.25) is 0 Å². The van der Waals surface area contributed by atoms with Gasteiger partial charge < -0.3 is 10.1 Å². The molecule has 1 N–H and O–H groups in total. The molecular formula is C22H31N3O2S. The van der Waals surface area contributed by atoms with Crippen molar-refractivity contribution in [1.82, 2.24) is 15.2 Å². The Bertz CT molecular complexity index is 831. The van der Waals surface area contributed by atoms with Gasteiger partial charge in [0.25, 0.3) is 5.91 Å². The third-order valence-corrected chi connectivity index (χ3v) is 6.14. The molecule has 1 aromatic heterocycles. The summed E-state index contributed by atoms with van der Waals surface area (Å²) in [7, 11) is 0. The Morgan fingerprint density at radius 1 is 1.36 bits per heavy atom. The lowest BCUT2D eigenvalue weighted by Crippen LogP contribution is -2.48. The number of aryl methyl sites for hydroxylation is 3. The summed E-state index contributed by atoms with van der Waals surface area (Å²) in [5.74, 6) is 0.576. The normalized spacial score (nSPS) is 17.9. The van der Waals surface area contributed by atoms with Crippen LogP contribution in [0.3, 0.4) is 0 Å². The van der Waals surface area contributed by atoms with E-state index >= 15 is 0 Å². The van der Waals surface area contributed by atoms with Gasteiger partial charge >= 0.3 is 0 Å². The monoisotopic (exact) mass is 401 g/mol. The summed E-state index contributed by atoms with van der Waals surface area (Å²) in [6.07, 6.45) is 0.0449. The lowest BCUT2D eigenvalue weighted by molar-refractivity contribution is -0.0295. The van der Waals surface area contributed by atoms with Crippen molar-refractivity contribution in [2.24, 2.45) is 5.92 Å². The molecule has 1 atom stereocenters. The second kappa shape index (κ2) is 9.16.